The maximum absolute atomic E-state index is 11.5. The molecule has 3 aliphatic rings. The Morgan fingerprint density at radius 1 is 0.661 bits per heavy atom. The molecule has 1 aliphatic carbocycles. The summed E-state index contributed by atoms with van der Waals surface area (Å²) in [6, 6.07) is 35.6. The van der Waals surface area contributed by atoms with Crippen LogP contribution >= 0.6 is 0 Å². The van der Waals surface area contributed by atoms with Crippen molar-refractivity contribution in [1.29, 1.82) is 0 Å². The summed E-state index contributed by atoms with van der Waals surface area (Å²) in [6.45, 7) is 10.2. The van der Waals surface area contributed by atoms with E-state index in [9.17, 15) is 25.9 Å². The maximum Gasteiger partial charge on any atom is 0.210 e. The molecule has 2 heterocycles. The summed E-state index contributed by atoms with van der Waals surface area (Å²) in [7, 11) is -8.60. The highest BCUT2D eigenvalue weighted by Gasteiger charge is 2.45. The van der Waals surface area contributed by atoms with Gasteiger partial charge in [0.1, 0.15) is 6.54 Å². The number of fused-ring (bicyclic) bond motifs is 6. The highest BCUT2D eigenvalue weighted by Crippen LogP contribution is 2.51. The molecule has 0 atom stereocenters. The second-order valence-electron chi connectivity index (χ2n) is 17.7. The Morgan fingerprint density at radius 3 is 1.95 bits per heavy atom. The van der Waals surface area contributed by atoms with Gasteiger partial charge in [-0.1, -0.05) is 98.8 Å². The first-order valence-corrected chi connectivity index (χ1v) is 24.7. The summed E-state index contributed by atoms with van der Waals surface area (Å²) < 4.78 is 71.3. The van der Waals surface area contributed by atoms with Gasteiger partial charge in [-0.2, -0.15) is 4.58 Å². The van der Waals surface area contributed by atoms with Gasteiger partial charge < -0.3 is 19.3 Å². The average molecular weight is 869 g/mol. The molecule has 0 amide bonds. The SMILES string of the molecule is CC1(C)C(/C=C/C2=C(Nc3ccccc3)C(=C/C=C3/N(CCCCS(=O)(=O)[O-])c4ccc5ccccc5c4C3(C)C)/CC2)=[N+](CCCCS(=O)(=O)[O-])c2ccc3ccccc3c21. The number of para-hydroxylation sites is 1. The van der Waals surface area contributed by atoms with Crippen LogP contribution in [0.2, 0.25) is 0 Å². The Kier molecular flexibility index (Phi) is 11.9. The maximum atomic E-state index is 11.5. The summed E-state index contributed by atoms with van der Waals surface area (Å²) in [4.78, 5) is 2.31. The third-order valence-electron chi connectivity index (χ3n) is 12.8. The standard InChI is InChI=1S/C51H55N3O6S2/c1-50(2)45(53(32-12-14-34-61(55,56)57)43-28-24-36-16-8-10-20-41(36)47(43)50)30-26-38-22-23-39(49(38)52-40-18-6-5-7-19-40)27-31-46-51(3,4)48-42-21-11-9-17-37(42)25-29-44(48)54(46)33-13-15-35-62(58,59)60/h5-11,16-21,24-31H,12-15,22-23,32-35H2,1-4H3,(H2,55,56,57,58,59,60)/p-1/b38-26+,45-30+. The molecule has 0 fully saturated rings. The van der Waals surface area contributed by atoms with E-state index in [1.807, 2.05) is 18.2 Å². The van der Waals surface area contributed by atoms with Crippen LogP contribution in [0.5, 0.6) is 0 Å². The van der Waals surface area contributed by atoms with E-state index >= 15 is 0 Å². The number of rotatable bonds is 15. The molecule has 0 unspecified atom stereocenters. The van der Waals surface area contributed by atoms with Crippen molar-refractivity contribution in [3.05, 3.63) is 161 Å². The van der Waals surface area contributed by atoms with Crippen molar-refractivity contribution in [2.24, 2.45) is 0 Å². The zero-order chi connectivity index (χ0) is 43.9. The van der Waals surface area contributed by atoms with E-state index in [2.05, 4.69) is 152 Å². The second kappa shape index (κ2) is 17.1. The average Bonchev–Trinajstić information content (AvgIpc) is 3.79. The van der Waals surface area contributed by atoms with Gasteiger partial charge in [-0.05, 0) is 115 Å². The summed E-state index contributed by atoms with van der Waals surface area (Å²) in [5.74, 6) is -0.758. The number of anilines is 2. The molecule has 0 radical (unpaired) electrons. The molecule has 0 aromatic heterocycles. The number of nitrogens with one attached hydrogen (secondary N) is 1. The van der Waals surface area contributed by atoms with Gasteiger partial charge in [0.05, 0.1) is 25.7 Å². The van der Waals surface area contributed by atoms with Crippen molar-refractivity contribution in [2.75, 3.05) is 34.8 Å². The van der Waals surface area contributed by atoms with Crippen LogP contribution in [0, 0.1) is 0 Å². The minimum atomic E-state index is -4.30. The number of hydrogen-bond donors (Lipinski definition) is 1. The lowest BCUT2D eigenvalue weighted by molar-refractivity contribution is -0.438. The zero-order valence-electron chi connectivity index (χ0n) is 35.9. The van der Waals surface area contributed by atoms with Crippen LogP contribution in [0.4, 0.5) is 17.1 Å². The summed E-state index contributed by atoms with van der Waals surface area (Å²) in [5.41, 5.74) is 10.5. The van der Waals surface area contributed by atoms with Gasteiger partial charge in [0, 0.05) is 70.4 Å². The predicted octanol–water partition coefficient (Wildman–Crippen LogP) is 10.3. The molecule has 8 rings (SSSR count). The van der Waals surface area contributed by atoms with E-state index in [0.29, 0.717) is 38.8 Å². The highest BCUT2D eigenvalue weighted by atomic mass is 32.2. The third kappa shape index (κ3) is 8.81. The molecular formula is C51H54N3O6S2-. The molecule has 11 heteroatoms. The number of hydrogen-bond acceptors (Lipinski definition) is 8. The van der Waals surface area contributed by atoms with Crippen LogP contribution in [0.25, 0.3) is 21.5 Å². The lowest BCUT2D eigenvalue weighted by Crippen LogP contribution is -2.28. The van der Waals surface area contributed by atoms with E-state index in [1.54, 1.807) is 0 Å². The lowest BCUT2D eigenvalue weighted by Gasteiger charge is -2.27. The van der Waals surface area contributed by atoms with Crippen LogP contribution < -0.4 is 10.2 Å². The predicted molar refractivity (Wildman–Crippen MR) is 250 cm³/mol. The van der Waals surface area contributed by atoms with Crippen LogP contribution in [-0.4, -0.2) is 60.8 Å². The van der Waals surface area contributed by atoms with Crippen LogP contribution in [-0.2, 0) is 31.1 Å². The first kappa shape index (κ1) is 43.3. The van der Waals surface area contributed by atoms with Crippen molar-refractivity contribution in [3.63, 3.8) is 0 Å². The molecule has 322 valence electrons. The summed E-state index contributed by atoms with van der Waals surface area (Å²) >= 11 is 0. The highest BCUT2D eigenvalue weighted by molar-refractivity contribution is 7.85. The first-order chi connectivity index (χ1) is 29.5. The molecule has 2 aliphatic heterocycles. The number of unbranched alkanes of at least 4 members (excludes halogenated alkanes) is 2. The van der Waals surface area contributed by atoms with Crippen molar-refractivity contribution in [1.82, 2.24) is 0 Å². The van der Waals surface area contributed by atoms with Gasteiger partial charge in [-0.15, -0.1) is 0 Å². The van der Waals surface area contributed by atoms with E-state index in [0.717, 1.165) is 68.9 Å². The Labute approximate surface area is 366 Å². The molecule has 5 aromatic rings. The third-order valence-corrected chi connectivity index (χ3v) is 14.4. The smallest absolute Gasteiger partial charge is 0.210 e. The zero-order valence-corrected chi connectivity index (χ0v) is 37.5. The van der Waals surface area contributed by atoms with Crippen LogP contribution in [0.3, 0.4) is 0 Å². The topological polar surface area (TPSA) is 133 Å². The molecule has 0 saturated heterocycles. The lowest BCUT2D eigenvalue weighted by atomic mass is 9.79. The summed E-state index contributed by atoms with van der Waals surface area (Å²) in [6.07, 6.45) is 12.2. The first-order valence-electron chi connectivity index (χ1n) is 21.5. The fourth-order valence-electron chi connectivity index (χ4n) is 9.89. The summed E-state index contributed by atoms with van der Waals surface area (Å²) in [5, 5.41) is 8.46. The van der Waals surface area contributed by atoms with Crippen molar-refractivity contribution >= 4 is 64.6 Å². The molecule has 0 spiro atoms. The van der Waals surface area contributed by atoms with Crippen molar-refractivity contribution in [3.8, 4) is 0 Å². The van der Waals surface area contributed by atoms with Gasteiger partial charge in [0.2, 0.25) is 5.69 Å². The van der Waals surface area contributed by atoms with Gasteiger partial charge in [0.15, 0.2) is 5.71 Å². The second-order valence-corrected chi connectivity index (χ2v) is 20.8. The van der Waals surface area contributed by atoms with E-state index < -0.39 is 20.2 Å². The molecular weight excluding hydrogens is 815 g/mol. The normalized spacial score (nSPS) is 18.6. The molecule has 1 N–H and O–H groups in total. The number of allylic oxidation sites excluding steroid dienone is 7. The van der Waals surface area contributed by atoms with Crippen LogP contribution in [0.1, 0.15) is 77.3 Å². The fourth-order valence-corrected chi connectivity index (χ4v) is 11.0. The minimum Gasteiger partial charge on any atom is -0.748 e. The van der Waals surface area contributed by atoms with E-state index in [1.165, 1.54) is 21.9 Å². The van der Waals surface area contributed by atoms with Gasteiger partial charge in [0.25, 0.3) is 0 Å². The fraction of sp³-hybridized carbons (Fsp3) is 0.314. The molecule has 0 bridgehead atoms. The van der Waals surface area contributed by atoms with E-state index in [4.69, 9.17) is 0 Å². The van der Waals surface area contributed by atoms with Gasteiger partial charge in [-0.3, -0.25) is 0 Å². The van der Waals surface area contributed by atoms with Crippen molar-refractivity contribution < 1.29 is 30.5 Å². The number of benzene rings is 5. The Balaban J connectivity index is 1.20. The minimum absolute atomic E-state index is 0.292. The molecule has 9 nitrogen and oxygen atoms in total. The van der Waals surface area contributed by atoms with Gasteiger partial charge in [-0.25, -0.2) is 16.8 Å². The monoisotopic (exact) mass is 868 g/mol. The Bertz CT molecular complexity index is 2940. The van der Waals surface area contributed by atoms with E-state index in [-0.39, 0.29) is 22.3 Å². The number of nitrogens with zero attached hydrogens (tertiary/aromatic N) is 2. The molecule has 62 heavy (non-hydrogen) atoms. The Hall–Kier alpha value is -5.33. The Morgan fingerprint density at radius 2 is 1.27 bits per heavy atom. The van der Waals surface area contributed by atoms with Crippen molar-refractivity contribution in [2.45, 2.75) is 77.0 Å². The van der Waals surface area contributed by atoms with Gasteiger partial charge >= 0.3 is 0 Å². The van der Waals surface area contributed by atoms with Crippen LogP contribution in [0.15, 0.2) is 150 Å². The quantitative estimate of drug-likeness (QED) is 0.0625. The molecule has 0 saturated carbocycles. The largest absolute Gasteiger partial charge is 0.748 e. The molecule has 5 aromatic carbocycles.